The fourth-order valence-corrected chi connectivity index (χ4v) is 1.97. The summed E-state index contributed by atoms with van der Waals surface area (Å²) in [5, 5.41) is 2.03. The van der Waals surface area contributed by atoms with Crippen LogP contribution in [0.4, 0.5) is 18.9 Å². The van der Waals surface area contributed by atoms with E-state index >= 15 is 0 Å². The quantitative estimate of drug-likeness (QED) is 0.683. The van der Waals surface area contributed by atoms with Crippen molar-refractivity contribution >= 4 is 17.6 Å². The van der Waals surface area contributed by atoms with Crippen LogP contribution in [0.3, 0.4) is 0 Å². The highest BCUT2D eigenvalue weighted by Crippen LogP contribution is 2.20. The molecule has 0 aliphatic carbocycles. The molecule has 1 aromatic carbocycles. The minimum atomic E-state index is -1.71. The van der Waals surface area contributed by atoms with Gasteiger partial charge >= 0.3 is 5.97 Å². The molecule has 0 aliphatic heterocycles. The molecule has 2 rings (SSSR count). The highest BCUT2D eigenvalue weighted by Gasteiger charge is 2.23. The zero-order valence-corrected chi connectivity index (χ0v) is 13.1. The van der Waals surface area contributed by atoms with Gasteiger partial charge in [0.1, 0.15) is 17.1 Å². The Morgan fingerprint density at radius 2 is 1.83 bits per heavy atom. The van der Waals surface area contributed by atoms with E-state index in [2.05, 4.69) is 0 Å². The molecule has 128 valence electrons. The Hall–Kier alpha value is -2.77. The van der Waals surface area contributed by atoms with Crippen LogP contribution in [0.15, 0.2) is 22.6 Å². The number of esters is 1. The van der Waals surface area contributed by atoms with E-state index in [1.807, 2.05) is 5.32 Å². The molecular formula is C16H14F3NO4. The summed E-state index contributed by atoms with van der Waals surface area (Å²) in [5.74, 6) is -5.48. The first-order valence-electron chi connectivity index (χ1n) is 6.93. The zero-order valence-electron chi connectivity index (χ0n) is 13.1. The molecule has 2 aromatic rings. The summed E-state index contributed by atoms with van der Waals surface area (Å²) < 4.78 is 49.6. The Kier molecular flexibility index (Phi) is 4.96. The third-order valence-electron chi connectivity index (χ3n) is 3.21. The second kappa shape index (κ2) is 6.77. The normalized spacial score (nSPS) is 11.9. The maximum absolute atomic E-state index is 13.5. The number of anilines is 1. The fourth-order valence-electron chi connectivity index (χ4n) is 1.97. The van der Waals surface area contributed by atoms with Gasteiger partial charge in [-0.3, -0.25) is 4.79 Å². The molecule has 0 fully saturated rings. The molecule has 0 saturated heterocycles. The van der Waals surface area contributed by atoms with Gasteiger partial charge in [0.05, 0.1) is 5.69 Å². The largest absolute Gasteiger partial charge is 0.466 e. The number of hydrogen-bond donors (Lipinski definition) is 1. The highest BCUT2D eigenvalue weighted by atomic mass is 19.2. The molecule has 1 heterocycles. The van der Waals surface area contributed by atoms with Crippen LogP contribution < -0.4 is 5.32 Å². The van der Waals surface area contributed by atoms with E-state index in [-0.39, 0.29) is 5.56 Å². The first-order chi connectivity index (χ1) is 11.2. The number of aryl methyl sites for hydroxylation is 2. The Morgan fingerprint density at radius 1 is 1.17 bits per heavy atom. The van der Waals surface area contributed by atoms with Crippen LogP contribution in [0.2, 0.25) is 0 Å². The van der Waals surface area contributed by atoms with Crippen molar-refractivity contribution in [1.29, 1.82) is 0 Å². The second-order valence-electron chi connectivity index (χ2n) is 5.09. The van der Waals surface area contributed by atoms with Crippen LogP contribution in [0.5, 0.6) is 0 Å². The molecule has 0 aliphatic rings. The SMILES string of the molecule is Cc1cc(C(=O)O[C@H](C)C(=O)Nc2ccc(F)c(F)c2F)c(C)o1. The molecule has 0 unspecified atom stereocenters. The van der Waals surface area contributed by atoms with Crippen molar-refractivity contribution in [3.63, 3.8) is 0 Å². The van der Waals surface area contributed by atoms with Gasteiger partial charge in [0.25, 0.3) is 5.91 Å². The van der Waals surface area contributed by atoms with Crippen LogP contribution >= 0.6 is 0 Å². The number of rotatable bonds is 4. The molecule has 0 spiro atoms. The monoisotopic (exact) mass is 341 g/mol. The number of benzene rings is 1. The van der Waals surface area contributed by atoms with E-state index in [0.717, 1.165) is 6.07 Å². The van der Waals surface area contributed by atoms with E-state index in [0.29, 0.717) is 17.6 Å². The number of halogens is 3. The van der Waals surface area contributed by atoms with E-state index in [4.69, 9.17) is 9.15 Å². The number of amides is 1. The van der Waals surface area contributed by atoms with Crippen LogP contribution in [-0.4, -0.2) is 18.0 Å². The van der Waals surface area contributed by atoms with Crippen molar-refractivity contribution in [2.45, 2.75) is 26.9 Å². The standard InChI is InChI=1S/C16H14F3NO4/c1-7-6-10(8(2)23-7)16(22)24-9(3)15(21)20-12-5-4-11(17)13(18)14(12)19/h4-6,9H,1-3H3,(H,20,21)/t9-/m1/s1. The Balaban J connectivity index is 2.06. The molecule has 0 radical (unpaired) electrons. The van der Waals surface area contributed by atoms with Crippen LogP contribution in [0.1, 0.15) is 28.8 Å². The maximum atomic E-state index is 13.5. The highest BCUT2D eigenvalue weighted by molar-refractivity contribution is 5.97. The van der Waals surface area contributed by atoms with Crippen LogP contribution in [0, 0.1) is 31.3 Å². The van der Waals surface area contributed by atoms with Crippen LogP contribution in [-0.2, 0) is 9.53 Å². The van der Waals surface area contributed by atoms with E-state index in [1.54, 1.807) is 13.8 Å². The summed E-state index contributed by atoms with van der Waals surface area (Å²) in [6.45, 7) is 4.46. The lowest BCUT2D eigenvalue weighted by atomic mass is 10.2. The minimum Gasteiger partial charge on any atom is -0.466 e. The summed E-state index contributed by atoms with van der Waals surface area (Å²) in [6, 6.07) is 2.99. The van der Waals surface area contributed by atoms with Crippen molar-refractivity contribution in [3.05, 3.63) is 52.7 Å². The topological polar surface area (TPSA) is 68.5 Å². The molecule has 8 heteroatoms. The number of carbonyl (C=O) groups excluding carboxylic acids is 2. The van der Waals surface area contributed by atoms with Gasteiger partial charge in [0.15, 0.2) is 23.6 Å². The summed E-state index contributed by atoms with van der Waals surface area (Å²) in [4.78, 5) is 23.9. The molecular weight excluding hydrogens is 327 g/mol. The molecule has 0 bridgehead atoms. The first kappa shape index (κ1) is 17.6. The van der Waals surface area contributed by atoms with E-state index in [1.165, 1.54) is 13.0 Å². The smallest absolute Gasteiger partial charge is 0.342 e. The van der Waals surface area contributed by atoms with Gasteiger partial charge in [-0.2, -0.15) is 0 Å². The van der Waals surface area contributed by atoms with Gasteiger partial charge in [-0.1, -0.05) is 0 Å². The average Bonchev–Trinajstić information content (AvgIpc) is 2.86. The Morgan fingerprint density at radius 3 is 2.42 bits per heavy atom. The van der Waals surface area contributed by atoms with Gasteiger partial charge in [-0.15, -0.1) is 0 Å². The third kappa shape index (κ3) is 3.58. The molecule has 0 saturated carbocycles. The lowest BCUT2D eigenvalue weighted by Gasteiger charge is -2.14. The minimum absolute atomic E-state index is 0.158. The molecule has 5 nitrogen and oxygen atoms in total. The predicted molar refractivity (Wildman–Crippen MR) is 78.0 cm³/mol. The summed E-state index contributed by atoms with van der Waals surface area (Å²) in [7, 11) is 0. The van der Waals surface area contributed by atoms with Crippen molar-refractivity contribution < 1.29 is 31.9 Å². The van der Waals surface area contributed by atoms with Gasteiger partial charge < -0.3 is 14.5 Å². The predicted octanol–water partition coefficient (Wildman–Crippen LogP) is 3.50. The number of carbonyl (C=O) groups is 2. The van der Waals surface area contributed by atoms with E-state index < -0.39 is 41.1 Å². The molecule has 24 heavy (non-hydrogen) atoms. The summed E-state index contributed by atoms with van der Waals surface area (Å²) in [6.07, 6.45) is -1.29. The van der Waals surface area contributed by atoms with E-state index in [9.17, 15) is 22.8 Å². The zero-order chi connectivity index (χ0) is 18.0. The van der Waals surface area contributed by atoms with Crippen molar-refractivity contribution in [2.24, 2.45) is 0 Å². The van der Waals surface area contributed by atoms with Crippen molar-refractivity contribution in [3.8, 4) is 0 Å². The number of ether oxygens (including phenoxy) is 1. The average molecular weight is 341 g/mol. The first-order valence-corrected chi connectivity index (χ1v) is 6.93. The molecule has 1 aromatic heterocycles. The lowest BCUT2D eigenvalue weighted by molar-refractivity contribution is -0.123. The maximum Gasteiger partial charge on any atom is 0.342 e. The molecule has 1 atom stereocenters. The second-order valence-corrected chi connectivity index (χ2v) is 5.09. The van der Waals surface area contributed by atoms with Gasteiger partial charge in [-0.05, 0) is 39.0 Å². The summed E-state index contributed by atoms with van der Waals surface area (Å²) in [5.41, 5.74) is -0.400. The number of nitrogens with one attached hydrogen (secondary N) is 1. The molecule has 1 amide bonds. The van der Waals surface area contributed by atoms with Gasteiger partial charge in [0.2, 0.25) is 0 Å². The van der Waals surface area contributed by atoms with Gasteiger partial charge in [-0.25, -0.2) is 18.0 Å². The Bertz CT molecular complexity index is 801. The Labute approximate surface area is 135 Å². The van der Waals surface area contributed by atoms with Crippen molar-refractivity contribution in [1.82, 2.24) is 0 Å². The fraction of sp³-hybridized carbons (Fsp3) is 0.250. The lowest BCUT2D eigenvalue weighted by Crippen LogP contribution is -2.30. The van der Waals surface area contributed by atoms with Crippen molar-refractivity contribution in [2.75, 3.05) is 5.32 Å². The van der Waals surface area contributed by atoms with Crippen LogP contribution in [0.25, 0.3) is 0 Å². The summed E-state index contributed by atoms with van der Waals surface area (Å²) >= 11 is 0. The third-order valence-corrected chi connectivity index (χ3v) is 3.21. The number of hydrogen-bond acceptors (Lipinski definition) is 4. The van der Waals surface area contributed by atoms with Gasteiger partial charge in [0, 0.05) is 0 Å². The molecule has 1 N–H and O–H groups in total. The number of furan rings is 1.